The van der Waals surface area contributed by atoms with E-state index in [0.717, 1.165) is 39.9 Å². The molecular weight excluding hydrogens is 572 g/mol. The Morgan fingerprint density at radius 2 is 1.53 bits per heavy atom. The Labute approximate surface area is 250 Å². The van der Waals surface area contributed by atoms with Crippen LogP contribution in [-0.4, -0.2) is 67.0 Å². The number of likely N-dealkylation sites (tertiary alicyclic amines) is 1. The number of carboxylic acid groups (broad SMARTS) is 1. The number of benzene rings is 4. The number of aliphatic carboxylic acids is 1. The predicted molar refractivity (Wildman–Crippen MR) is 161 cm³/mol. The van der Waals surface area contributed by atoms with Crippen LogP contribution in [0.3, 0.4) is 0 Å². The Morgan fingerprint density at radius 1 is 0.930 bits per heavy atom. The highest BCUT2D eigenvalue weighted by Gasteiger charge is 2.27. The number of piperidine rings is 1. The van der Waals surface area contributed by atoms with Crippen LogP contribution in [-0.2, 0) is 24.5 Å². The van der Waals surface area contributed by atoms with E-state index in [-0.39, 0.29) is 35.7 Å². The van der Waals surface area contributed by atoms with Crippen molar-refractivity contribution in [3.05, 3.63) is 47.5 Å². The Morgan fingerprint density at radius 3 is 2.19 bits per heavy atom. The first-order valence-corrected chi connectivity index (χ1v) is 15.9. The summed E-state index contributed by atoms with van der Waals surface area (Å²) in [4.78, 5) is 37.7. The third kappa shape index (κ3) is 6.37. The molecule has 11 heteroatoms. The molecule has 2 N–H and O–H groups in total. The normalized spacial score (nSPS) is 14.5. The summed E-state index contributed by atoms with van der Waals surface area (Å²) in [6.45, 7) is 4.92. The molecule has 43 heavy (non-hydrogen) atoms. The maximum Gasteiger partial charge on any atom is 0.303 e. The number of ether oxygens (including phenoxy) is 1. The zero-order valence-electron chi connectivity index (χ0n) is 24.3. The molecule has 4 aromatic carbocycles. The highest BCUT2D eigenvalue weighted by molar-refractivity contribution is 7.86. The van der Waals surface area contributed by atoms with Gasteiger partial charge in [-0.05, 0) is 85.0 Å². The summed E-state index contributed by atoms with van der Waals surface area (Å²) in [5, 5.41) is 15.9. The van der Waals surface area contributed by atoms with Gasteiger partial charge in [0, 0.05) is 48.1 Å². The summed E-state index contributed by atoms with van der Waals surface area (Å²) in [7, 11) is -4.70. The fraction of sp³-hybridized carbons (Fsp3) is 0.406. The Kier molecular flexibility index (Phi) is 8.75. The highest BCUT2D eigenvalue weighted by atomic mass is 32.2. The van der Waals surface area contributed by atoms with Crippen molar-refractivity contribution in [2.45, 2.75) is 57.3 Å². The van der Waals surface area contributed by atoms with Crippen LogP contribution in [0.1, 0.15) is 49.7 Å². The molecule has 228 valence electrons. The smallest absolute Gasteiger partial charge is 0.303 e. The van der Waals surface area contributed by atoms with E-state index in [9.17, 15) is 27.4 Å². The van der Waals surface area contributed by atoms with Crippen LogP contribution in [0.15, 0.2) is 41.3 Å². The maximum atomic E-state index is 13.1. The van der Waals surface area contributed by atoms with Crippen molar-refractivity contribution in [2.24, 2.45) is 5.92 Å². The van der Waals surface area contributed by atoms with E-state index in [0.29, 0.717) is 61.0 Å². The van der Waals surface area contributed by atoms with Crippen molar-refractivity contribution in [1.82, 2.24) is 10.2 Å². The quantitative estimate of drug-likeness (QED) is 0.144. The van der Waals surface area contributed by atoms with Crippen LogP contribution in [0.5, 0.6) is 5.75 Å². The lowest BCUT2D eigenvalue weighted by Gasteiger charge is -2.31. The van der Waals surface area contributed by atoms with Crippen LogP contribution in [0, 0.1) is 19.8 Å². The molecule has 0 aliphatic carbocycles. The van der Waals surface area contributed by atoms with Gasteiger partial charge >= 0.3 is 5.97 Å². The second-order valence-corrected chi connectivity index (χ2v) is 12.7. The number of hydrogen-bond donors (Lipinski definition) is 2. The summed E-state index contributed by atoms with van der Waals surface area (Å²) < 4.78 is 42.3. The molecule has 0 radical (unpaired) electrons. The largest absolute Gasteiger partial charge is 0.744 e. The molecule has 0 saturated carbocycles. The summed E-state index contributed by atoms with van der Waals surface area (Å²) >= 11 is 0. The van der Waals surface area contributed by atoms with Crippen LogP contribution in [0.2, 0.25) is 0 Å². The minimum absolute atomic E-state index is 0.0334. The summed E-state index contributed by atoms with van der Waals surface area (Å²) in [6, 6.07) is 10.6. The summed E-state index contributed by atoms with van der Waals surface area (Å²) in [6.07, 6.45) is 3.31. The molecule has 1 aliphatic heterocycles. The third-order valence-electron chi connectivity index (χ3n) is 8.44. The Bertz CT molecular complexity index is 1810. The second-order valence-electron chi connectivity index (χ2n) is 11.3. The molecule has 0 aromatic heterocycles. The zero-order chi connectivity index (χ0) is 30.9. The van der Waals surface area contributed by atoms with Gasteiger partial charge in [0.2, 0.25) is 5.91 Å². The van der Waals surface area contributed by atoms with Crippen LogP contribution in [0.25, 0.3) is 32.3 Å². The lowest BCUT2D eigenvalue weighted by Crippen LogP contribution is -2.44. The van der Waals surface area contributed by atoms with Crippen molar-refractivity contribution in [3.8, 4) is 5.75 Å². The van der Waals surface area contributed by atoms with Gasteiger partial charge in [0.25, 0.3) is 5.91 Å². The predicted octanol–water partition coefficient (Wildman–Crippen LogP) is 4.48. The maximum absolute atomic E-state index is 13.1. The zero-order valence-corrected chi connectivity index (χ0v) is 25.1. The number of hydrogen-bond acceptors (Lipinski definition) is 7. The molecule has 2 amide bonds. The van der Waals surface area contributed by atoms with E-state index in [1.165, 1.54) is 6.07 Å². The van der Waals surface area contributed by atoms with E-state index < -0.39 is 16.1 Å². The molecule has 10 nitrogen and oxygen atoms in total. The number of nitrogens with zero attached hydrogens (tertiary/aromatic N) is 1. The number of rotatable bonds is 11. The van der Waals surface area contributed by atoms with E-state index in [1.807, 2.05) is 25.1 Å². The monoisotopic (exact) mass is 607 g/mol. The average Bonchev–Trinajstić information content (AvgIpc) is 2.97. The van der Waals surface area contributed by atoms with Crippen molar-refractivity contribution in [3.63, 3.8) is 0 Å². The van der Waals surface area contributed by atoms with E-state index >= 15 is 0 Å². The minimum Gasteiger partial charge on any atom is -0.744 e. The number of amides is 2. The van der Waals surface area contributed by atoms with Crippen molar-refractivity contribution >= 4 is 60.2 Å². The molecule has 0 atom stereocenters. The molecule has 0 bridgehead atoms. The van der Waals surface area contributed by atoms with Gasteiger partial charge in [-0.3, -0.25) is 14.4 Å². The van der Waals surface area contributed by atoms with E-state index in [1.54, 1.807) is 24.0 Å². The number of unbranched alkanes of at least 4 members (excludes halogenated alkanes) is 2. The van der Waals surface area contributed by atoms with Gasteiger partial charge < -0.3 is 24.6 Å². The molecule has 0 spiro atoms. The van der Waals surface area contributed by atoms with Crippen molar-refractivity contribution < 1.29 is 37.2 Å². The number of carbonyl (C=O) groups is 3. The first-order valence-electron chi connectivity index (χ1n) is 14.5. The van der Waals surface area contributed by atoms with E-state index in [4.69, 9.17) is 9.84 Å². The van der Waals surface area contributed by atoms with Crippen molar-refractivity contribution in [2.75, 3.05) is 26.2 Å². The Balaban J connectivity index is 1.25. The van der Waals surface area contributed by atoms with Gasteiger partial charge in [-0.1, -0.05) is 24.6 Å². The Hall–Kier alpha value is -3.96. The molecular formula is C32H35N2O8S-. The van der Waals surface area contributed by atoms with Crippen LogP contribution >= 0.6 is 0 Å². The van der Waals surface area contributed by atoms with Gasteiger partial charge in [0.1, 0.15) is 15.9 Å². The highest BCUT2D eigenvalue weighted by Crippen LogP contribution is 2.43. The summed E-state index contributed by atoms with van der Waals surface area (Å²) in [5.74, 6) is -0.703. The van der Waals surface area contributed by atoms with Gasteiger partial charge in [-0.2, -0.15) is 0 Å². The van der Waals surface area contributed by atoms with Gasteiger partial charge in [-0.15, -0.1) is 0 Å². The first kappa shape index (κ1) is 30.5. The fourth-order valence-electron chi connectivity index (χ4n) is 6.15. The van der Waals surface area contributed by atoms with Gasteiger partial charge in [0.15, 0.2) is 6.61 Å². The number of carbonyl (C=O) groups excluding carboxylic acids is 2. The van der Waals surface area contributed by atoms with Crippen LogP contribution in [0.4, 0.5) is 0 Å². The number of carboxylic acids is 1. The SMILES string of the molecule is Cc1cc(OCC(=O)N2CCC(C(=O)NCCCCCC(=O)O)CC2)c2ccc3c(S(=O)(=O)[O-])cc(C)c4ccc1c2c43. The molecule has 5 rings (SSSR count). The molecule has 1 aliphatic rings. The van der Waals surface area contributed by atoms with Gasteiger partial charge in [-0.25, -0.2) is 8.42 Å². The van der Waals surface area contributed by atoms with Crippen molar-refractivity contribution in [1.29, 1.82) is 0 Å². The summed E-state index contributed by atoms with van der Waals surface area (Å²) in [5.41, 5.74) is 1.58. The minimum atomic E-state index is -4.70. The van der Waals surface area contributed by atoms with Gasteiger partial charge in [0.05, 0.1) is 4.90 Å². The fourth-order valence-corrected chi connectivity index (χ4v) is 6.91. The standard InChI is InChI=1S/C32H36N2O8S/c1-19-16-26(24-9-10-25-27(43(39,40)41)17-20(2)23-8-7-22(19)30(24)31(23)25)42-18-28(35)34-14-11-21(12-15-34)32(38)33-13-5-3-4-6-29(36)37/h7-10,16-17,21H,3-6,11-15,18H2,1-2H3,(H,33,38)(H,36,37)(H,39,40,41)/p-1. The molecule has 1 fully saturated rings. The lowest BCUT2D eigenvalue weighted by molar-refractivity contribution is -0.137. The second kappa shape index (κ2) is 12.3. The number of aryl methyl sites for hydroxylation is 2. The topological polar surface area (TPSA) is 153 Å². The third-order valence-corrected chi connectivity index (χ3v) is 9.32. The lowest BCUT2D eigenvalue weighted by atomic mass is 9.90. The van der Waals surface area contributed by atoms with E-state index in [2.05, 4.69) is 5.32 Å². The first-order chi connectivity index (χ1) is 20.5. The number of nitrogens with one attached hydrogen (secondary N) is 1. The molecule has 1 saturated heterocycles. The molecule has 0 unspecified atom stereocenters. The molecule has 4 aromatic rings. The molecule has 1 heterocycles. The average molecular weight is 608 g/mol. The van der Waals surface area contributed by atoms with Crippen LogP contribution < -0.4 is 10.1 Å².